The second-order valence-corrected chi connectivity index (χ2v) is 11.0. The van der Waals surface area contributed by atoms with Crippen LogP contribution in [0.4, 0.5) is 16.0 Å². The van der Waals surface area contributed by atoms with Crippen molar-refractivity contribution in [1.82, 2.24) is 19.7 Å². The van der Waals surface area contributed by atoms with E-state index in [1.54, 1.807) is 30.1 Å². The zero-order valence-corrected chi connectivity index (χ0v) is 21.5. The van der Waals surface area contributed by atoms with E-state index in [1.807, 2.05) is 13.8 Å². The van der Waals surface area contributed by atoms with Gasteiger partial charge in [-0.15, -0.1) is 0 Å². The number of hydrogen-bond acceptors (Lipinski definition) is 6. The number of nitrogens with one attached hydrogen (secondary N) is 2. The van der Waals surface area contributed by atoms with Crippen LogP contribution < -0.4 is 10.0 Å². The third kappa shape index (κ3) is 6.24. The van der Waals surface area contributed by atoms with Gasteiger partial charge in [-0.3, -0.25) is 9.40 Å². The lowest BCUT2D eigenvalue weighted by atomic mass is 10.0. The minimum absolute atomic E-state index is 0.00218. The van der Waals surface area contributed by atoms with E-state index in [0.717, 1.165) is 0 Å². The van der Waals surface area contributed by atoms with Gasteiger partial charge in [-0.05, 0) is 44.4 Å². The van der Waals surface area contributed by atoms with Gasteiger partial charge in [-0.1, -0.05) is 32.4 Å². The van der Waals surface area contributed by atoms with E-state index in [1.165, 1.54) is 12.1 Å². The molecule has 0 saturated heterocycles. The monoisotopic (exact) mass is 508 g/mol. The average molecular weight is 509 g/mol. The summed E-state index contributed by atoms with van der Waals surface area (Å²) >= 11 is 6.27. The van der Waals surface area contributed by atoms with E-state index in [2.05, 4.69) is 39.0 Å². The van der Waals surface area contributed by atoms with Crippen molar-refractivity contribution in [2.24, 2.45) is 5.92 Å². The highest BCUT2D eigenvalue weighted by molar-refractivity contribution is 7.92. The standard InChI is InChI=1S/C23H30ClFN6O2S/c1-6-9-34(32,33)30-20-11-16(24)10-17(21(20)25)22-18(13-31(29-22)15(4)5)19-7-8-26-23(28-19)27-12-14(2)3/h7-8,10-11,13-15,30H,6,9,12H2,1-5H3,(H,26,27,28). The van der Waals surface area contributed by atoms with Gasteiger partial charge in [-0.25, -0.2) is 22.8 Å². The molecule has 0 saturated carbocycles. The summed E-state index contributed by atoms with van der Waals surface area (Å²) in [6.45, 7) is 10.5. The van der Waals surface area contributed by atoms with Gasteiger partial charge >= 0.3 is 0 Å². The molecule has 34 heavy (non-hydrogen) atoms. The number of aromatic nitrogens is 4. The molecule has 0 amide bonds. The molecule has 0 aliphatic carbocycles. The van der Waals surface area contributed by atoms with Crippen LogP contribution in [0.15, 0.2) is 30.6 Å². The molecule has 0 bridgehead atoms. The Balaban J connectivity index is 2.14. The van der Waals surface area contributed by atoms with Crippen molar-refractivity contribution >= 4 is 33.3 Å². The van der Waals surface area contributed by atoms with Crippen molar-refractivity contribution in [3.05, 3.63) is 41.4 Å². The molecular weight excluding hydrogens is 479 g/mol. The SMILES string of the molecule is CCCS(=O)(=O)Nc1cc(Cl)cc(-c2nn(C(C)C)cc2-c2ccnc(NCC(C)C)n2)c1F. The maximum Gasteiger partial charge on any atom is 0.232 e. The van der Waals surface area contributed by atoms with E-state index in [9.17, 15) is 8.42 Å². The quantitative estimate of drug-likeness (QED) is 0.369. The fourth-order valence-electron chi connectivity index (χ4n) is 3.25. The van der Waals surface area contributed by atoms with Gasteiger partial charge in [0.05, 0.1) is 17.1 Å². The summed E-state index contributed by atoms with van der Waals surface area (Å²) in [6.07, 6.45) is 3.81. The molecule has 0 radical (unpaired) electrons. The molecule has 0 spiro atoms. The van der Waals surface area contributed by atoms with Gasteiger partial charge in [0.15, 0.2) is 5.82 Å². The summed E-state index contributed by atoms with van der Waals surface area (Å²) in [5, 5.41) is 7.96. The zero-order valence-electron chi connectivity index (χ0n) is 19.9. The number of halogens is 2. The first-order valence-electron chi connectivity index (χ1n) is 11.2. The fraction of sp³-hybridized carbons (Fsp3) is 0.435. The third-order valence-electron chi connectivity index (χ3n) is 4.89. The maximum absolute atomic E-state index is 15.6. The van der Waals surface area contributed by atoms with Gasteiger partial charge in [0.2, 0.25) is 16.0 Å². The Kier molecular flexibility index (Phi) is 8.14. The number of nitrogens with zero attached hydrogens (tertiary/aromatic N) is 4. The van der Waals surface area contributed by atoms with Crippen LogP contribution in [0.1, 0.15) is 47.1 Å². The Morgan fingerprint density at radius 2 is 1.91 bits per heavy atom. The molecule has 0 fully saturated rings. The number of benzene rings is 1. The Morgan fingerprint density at radius 3 is 2.56 bits per heavy atom. The van der Waals surface area contributed by atoms with Crippen molar-refractivity contribution in [2.45, 2.75) is 47.1 Å². The predicted octanol–water partition coefficient (Wildman–Crippen LogP) is 5.60. The summed E-state index contributed by atoms with van der Waals surface area (Å²) < 4.78 is 44.2. The summed E-state index contributed by atoms with van der Waals surface area (Å²) in [5.41, 5.74) is 1.29. The number of rotatable bonds is 10. The minimum Gasteiger partial charge on any atom is -0.354 e. The third-order valence-corrected chi connectivity index (χ3v) is 6.59. The minimum atomic E-state index is -3.72. The first kappa shape index (κ1) is 25.9. The highest BCUT2D eigenvalue weighted by atomic mass is 35.5. The first-order chi connectivity index (χ1) is 16.0. The molecule has 3 rings (SSSR count). The predicted molar refractivity (Wildman–Crippen MR) is 135 cm³/mol. The number of sulfonamides is 1. The van der Waals surface area contributed by atoms with Crippen molar-refractivity contribution in [3.8, 4) is 22.5 Å². The molecule has 3 aromatic rings. The van der Waals surface area contributed by atoms with E-state index in [-0.39, 0.29) is 28.1 Å². The summed E-state index contributed by atoms with van der Waals surface area (Å²) in [4.78, 5) is 8.85. The normalized spacial score (nSPS) is 11.9. The molecule has 0 aliphatic heterocycles. The maximum atomic E-state index is 15.6. The lowest BCUT2D eigenvalue weighted by Crippen LogP contribution is -2.17. The fourth-order valence-corrected chi connectivity index (χ4v) is 4.60. The van der Waals surface area contributed by atoms with Crippen LogP contribution in [0, 0.1) is 11.7 Å². The molecule has 0 aliphatic rings. The smallest absolute Gasteiger partial charge is 0.232 e. The second kappa shape index (κ2) is 10.7. The Labute approximate surface area is 205 Å². The van der Waals surface area contributed by atoms with Crippen molar-refractivity contribution in [2.75, 3.05) is 22.3 Å². The Morgan fingerprint density at radius 1 is 1.18 bits per heavy atom. The molecule has 11 heteroatoms. The molecule has 2 N–H and O–H groups in total. The second-order valence-electron chi connectivity index (χ2n) is 8.74. The van der Waals surface area contributed by atoms with Crippen molar-refractivity contribution in [1.29, 1.82) is 0 Å². The Bertz CT molecular complexity index is 1260. The van der Waals surface area contributed by atoms with Crippen LogP contribution in [-0.2, 0) is 10.0 Å². The van der Waals surface area contributed by atoms with Crippen LogP contribution in [0.2, 0.25) is 5.02 Å². The molecule has 2 heterocycles. The molecule has 1 aromatic carbocycles. The van der Waals surface area contributed by atoms with Crippen molar-refractivity contribution in [3.63, 3.8) is 0 Å². The van der Waals surface area contributed by atoms with Gasteiger partial charge in [0.1, 0.15) is 5.69 Å². The first-order valence-corrected chi connectivity index (χ1v) is 13.2. The largest absolute Gasteiger partial charge is 0.354 e. The van der Waals surface area contributed by atoms with Gasteiger partial charge in [0, 0.05) is 41.1 Å². The van der Waals surface area contributed by atoms with Crippen molar-refractivity contribution < 1.29 is 12.8 Å². The Hall–Kier alpha value is -2.72. The zero-order chi connectivity index (χ0) is 25.0. The summed E-state index contributed by atoms with van der Waals surface area (Å²) in [5.74, 6) is -0.0308. The van der Waals surface area contributed by atoms with E-state index >= 15 is 4.39 Å². The molecule has 2 aromatic heterocycles. The molecule has 0 unspecified atom stereocenters. The summed E-state index contributed by atoms with van der Waals surface area (Å²) in [6, 6.07) is 4.41. The lowest BCUT2D eigenvalue weighted by molar-refractivity contribution is 0.533. The average Bonchev–Trinajstić information content (AvgIpc) is 3.20. The van der Waals surface area contributed by atoms with Gasteiger partial charge in [-0.2, -0.15) is 5.10 Å². The van der Waals surface area contributed by atoms with Crippen LogP contribution in [-0.4, -0.2) is 40.5 Å². The van der Waals surface area contributed by atoms with Gasteiger partial charge in [0.25, 0.3) is 0 Å². The molecule has 184 valence electrons. The number of hydrogen-bond donors (Lipinski definition) is 2. The van der Waals surface area contributed by atoms with Crippen LogP contribution in [0.3, 0.4) is 0 Å². The van der Waals surface area contributed by atoms with Crippen LogP contribution >= 0.6 is 11.6 Å². The van der Waals surface area contributed by atoms with E-state index < -0.39 is 15.8 Å². The molecule has 8 nitrogen and oxygen atoms in total. The summed E-state index contributed by atoms with van der Waals surface area (Å²) in [7, 11) is -3.72. The molecular formula is C23H30ClFN6O2S. The number of anilines is 2. The lowest BCUT2D eigenvalue weighted by Gasteiger charge is -2.12. The highest BCUT2D eigenvalue weighted by Crippen LogP contribution is 2.37. The van der Waals surface area contributed by atoms with E-state index in [0.29, 0.717) is 41.8 Å². The highest BCUT2D eigenvalue weighted by Gasteiger charge is 2.23. The van der Waals surface area contributed by atoms with Crippen LogP contribution in [0.25, 0.3) is 22.5 Å². The van der Waals surface area contributed by atoms with Gasteiger partial charge < -0.3 is 5.32 Å². The van der Waals surface area contributed by atoms with E-state index in [4.69, 9.17) is 11.6 Å². The topological polar surface area (TPSA) is 102 Å². The van der Waals surface area contributed by atoms with Crippen LogP contribution in [0.5, 0.6) is 0 Å². The molecule has 0 atom stereocenters.